The van der Waals surface area contributed by atoms with Crippen LogP contribution >= 0.6 is 15.9 Å². The fourth-order valence-corrected chi connectivity index (χ4v) is 2.72. The van der Waals surface area contributed by atoms with E-state index in [-0.39, 0.29) is 0 Å². The van der Waals surface area contributed by atoms with Crippen molar-refractivity contribution in [1.29, 1.82) is 0 Å². The van der Waals surface area contributed by atoms with Gasteiger partial charge in [-0.05, 0) is 42.0 Å². The minimum absolute atomic E-state index is 0.708. The summed E-state index contributed by atoms with van der Waals surface area (Å²) in [6, 6.07) is 6.07. The summed E-state index contributed by atoms with van der Waals surface area (Å²) in [6.45, 7) is 11.1. The first-order chi connectivity index (χ1) is 8.41. The van der Waals surface area contributed by atoms with Crippen LogP contribution in [0.2, 0.25) is 0 Å². The van der Waals surface area contributed by atoms with Crippen LogP contribution in [0.4, 0.5) is 5.69 Å². The molecule has 0 saturated heterocycles. The predicted molar refractivity (Wildman–Crippen MR) is 83.4 cm³/mol. The van der Waals surface area contributed by atoms with Crippen LogP contribution in [0.25, 0.3) is 0 Å². The Balaban J connectivity index is 2.50. The molecule has 0 saturated carbocycles. The van der Waals surface area contributed by atoms with Gasteiger partial charge in [-0.1, -0.05) is 49.7 Å². The number of hydrogen-bond donors (Lipinski definition) is 2. The molecule has 0 aliphatic rings. The van der Waals surface area contributed by atoms with Gasteiger partial charge in [0.1, 0.15) is 0 Å². The Morgan fingerprint density at radius 2 is 1.78 bits per heavy atom. The number of halogens is 1. The van der Waals surface area contributed by atoms with Gasteiger partial charge < -0.3 is 11.1 Å². The quantitative estimate of drug-likeness (QED) is 0.778. The van der Waals surface area contributed by atoms with Gasteiger partial charge in [0.15, 0.2) is 0 Å². The second-order valence-corrected chi connectivity index (χ2v) is 6.54. The second kappa shape index (κ2) is 7.15. The number of hydrogen-bond acceptors (Lipinski definition) is 2. The molecule has 0 heterocycles. The summed E-state index contributed by atoms with van der Waals surface area (Å²) in [5.74, 6) is 2.13. The van der Waals surface area contributed by atoms with Crippen molar-refractivity contribution in [2.45, 2.75) is 34.2 Å². The minimum Gasteiger partial charge on any atom is -0.398 e. The summed E-state index contributed by atoms with van der Waals surface area (Å²) < 4.78 is 1.03. The normalized spacial score (nSPS) is 11.8. The third kappa shape index (κ3) is 4.62. The average molecular weight is 313 g/mol. The number of anilines is 1. The van der Waals surface area contributed by atoms with Crippen LogP contribution in [0.3, 0.4) is 0 Å². The van der Waals surface area contributed by atoms with Crippen LogP contribution in [0, 0.1) is 17.8 Å². The van der Waals surface area contributed by atoms with Crippen molar-refractivity contribution in [3.63, 3.8) is 0 Å². The highest BCUT2D eigenvalue weighted by Gasteiger charge is 2.16. The fourth-order valence-electron chi connectivity index (χ4n) is 2.34. The number of nitrogen functional groups attached to an aromatic ring is 1. The molecule has 0 atom stereocenters. The van der Waals surface area contributed by atoms with Crippen LogP contribution < -0.4 is 11.1 Å². The van der Waals surface area contributed by atoms with Crippen molar-refractivity contribution in [2.75, 3.05) is 12.3 Å². The van der Waals surface area contributed by atoms with Gasteiger partial charge in [0.2, 0.25) is 0 Å². The zero-order chi connectivity index (χ0) is 13.7. The Hall–Kier alpha value is -0.540. The van der Waals surface area contributed by atoms with Gasteiger partial charge in [0.05, 0.1) is 0 Å². The molecular weight excluding hydrogens is 288 g/mol. The van der Waals surface area contributed by atoms with Crippen LogP contribution in [-0.2, 0) is 6.54 Å². The van der Waals surface area contributed by atoms with Crippen LogP contribution in [0.1, 0.15) is 33.3 Å². The highest BCUT2D eigenvalue weighted by molar-refractivity contribution is 9.10. The van der Waals surface area contributed by atoms with E-state index >= 15 is 0 Å². The van der Waals surface area contributed by atoms with Crippen molar-refractivity contribution in [3.8, 4) is 0 Å². The Morgan fingerprint density at radius 3 is 2.28 bits per heavy atom. The lowest BCUT2D eigenvalue weighted by atomic mass is 9.85. The van der Waals surface area contributed by atoms with Gasteiger partial charge in [0, 0.05) is 16.7 Å². The van der Waals surface area contributed by atoms with E-state index in [2.05, 4.69) is 55.0 Å². The molecule has 0 spiro atoms. The highest BCUT2D eigenvalue weighted by atomic mass is 79.9. The van der Waals surface area contributed by atoms with Crippen molar-refractivity contribution < 1.29 is 0 Å². The van der Waals surface area contributed by atoms with E-state index in [4.69, 9.17) is 5.73 Å². The summed E-state index contributed by atoms with van der Waals surface area (Å²) in [7, 11) is 0. The first-order valence-electron chi connectivity index (χ1n) is 6.66. The fraction of sp³-hybridized carbons (Fsp3) is 0.600. The maximum Gasteiger partial charge on any atom is 0.0370 e. The molecule has 18 heavy (non-hydrogen) atoms. The molecule has 2 nitrogen and oxygen atoms in total. The standard InChI is InChI=1S/C15H25BrN2/c1-10(2)14(11(3)4)9-18-8-12-5-6-13(16)7-15(12)17/h5-7,10-11,14,18H,8-9,17H2,1-4H3. The second-order valence-electron chi connectivity index (χ2n) is 5.63. The topological polar surface area (TPSA) is 38.0 Å². The molecule has 0 aliphatic carbocycles. The van der Waals surface area contributed by atoms with Gasteiger partial charge in [-0.15, -0.1) is 0 Å². The number of nitrogens with one attached hydrogen (secondary N) is 1. The molecule has 1 rings (SSSR count). The number of rotatable bonds is 6. The molecule has 0 bridgehead atoms. The number of nitrogens with two attached hydrogens (primary N) is 1. The Labute approximate surface area is 119 Å². The molecule has 1 aromatic carbocycles. The molecular formula is C15H25BrN2. The van der Waals surface area contributed by atoms with Crippen LogP contribution in [-0.4, -0.2) is 6.54 Å². The zero-order valence-corrected chi connectivity index (χ0v) is 13.4. The van der Waals surface area contributed by atoms with E-state index in [0.717, 1.165) is 23.2 Å². The molecule has 0 aliphatic heterocycles. The van der Waals surface area contributed by atoms with E-state index in [1.165, 1.54) is 5.56 Å². The molecule has 102 valence electrons. The maximum atomic E-state index is 5.99. The van der Waals surface area contributed by atoms with E-state index < -0.39 is 0 Å². The van der Waals surface area contributed by atoms with E-state index in [0.29, 0.717) is 17.8 Å². The average Bonchev–Trinajstić information content (AvgIpc) is 2.25. The lowest BCUT2D eigenvalue weighted by Crippen LogP contribution is -2.29. The van der Waals surface area contributed by atoms with Crippen LogP contribution in [0.5, 0.6) is 0 Å². The molecule has 0 unspecified atom stereocenters. The van der Waals surface area contributed by atoms with Crippen molar-refractivity contribution in [3.05, 3.63) is 28.2 Å². The smallest absolute Gasteiger partial charge is 0.0370 e. The molecule has 0 aromatic heterocycles. The van der Waals surface area contributed by atoms with Crippen molar-refractivity contribution >= 4 is 21.6 Å². The van der Waals surface area contributed by atoms with Gasteiger partial charge in [-0.25, -0.2) is 0 Å². The summed E-state index contributed by atoms with van der Waals surface area (Å²) in [4.78, 5) is 0. The SMILES string of the molecule is CC(C)C(CNCc1ccc(Br)cc1N)C(C)C. The van der Waals surface area contributed by atoms with Gasteiger partial charge in [0.25, 0.3) is 0 Å². The minimum atomic E-state index is 0.708. The van der Waals surface area contributed by atoms with E-state index in [1.54, 1.807) is 0 Å². The summed E-state index contributed by atoms with van der Waals surface area (Å²) in [6.07, 6.45) is 0. The maximum absolute atomic E-state index is 5.99. The van der Waals surface area contributed by atoms with E-state index in [9.17, 15) is 0 Å². The lowest BCUT2D eigenvalue weighted by molar-refractivity contribution is 0.275. The van der Waals surface area contributed by atoms with Gasteiger partial charge in [-0.2, -0.15) is 0 Å². The molecule has 1 aromatic rings. The Morgan fingerprint density at radius 1 is 1.17 bits per heavy atom. The van der Waals surface area contributed by atoms with Crippen molar-refractivity contribution in [2.24, 2.45) is 17.8 Å². The summed E-state index contributed by atoms with van der Waals surface area (Å²) in [5.41, 5.74) is 8.01. The summed E-state index contributed by atoms with van der Waals surface area (Å²) in [5, 5.41) is 3.53. The Kier molecular flexibility index (Phi) is 6.16. The monoisotopic (exact) mass is 312 g/mol. The van der Waals surface area contributed by atoms with Crippen LogP contribution in [0.15, 0.2) is 22.7 Å². The van der Waals surface area contributed by atoms with E-state index in [1.807, 2.05) is 12.1 Å². The van der Waals surface area contributed by atoms with Gasteiger partial charge >= 0.3 is 0 Å². The third-order valence-electron chi connectivity index (χ3n) is 3.52. The zero-order valence-electron chi connectivity index (χ0n) is 11.8. The largest absolute Gasteiger partial charge is 0.398 e. The first-order valence-corrected chi connectivity index (χ1v) is 7.45. The summed E-state index contributed by atoms with van der Waals surface area (Å²) >= 11 is 3.43. The molecule has 0 amide bonds. The lowest BCUT2D eigenvalue weighted by Gasteiger charge is -2.25. The van der Waals surface area contributed by atoms with Crippen molar-refractivity contribution in [1.82, 2.24) is 5.32 Å². The predicted octanol–water partition coefficient (Wildman–Crippen LogP) is 4.05. The Bertz CT molecular complexity index is 367. The molecule has 3 N–H and O–H groups in total. The molecule has 0 fully saturated rings. The molecule has 3 heteroatoms. The van der Waals surface area contributed by atoms with Gasteiger partial charge in [-0.3, -0.25) is 0 Å². The first kappa shape index (κ1) is 15.5. The number of benzene rings is 1. The highest BCUT2D eigenvalue weighted by Crippen LogP contribution is 2.21. The third-order valence-corrected chi connectivity index (χ3v) is 4.01. The molecule has 0 radical (unpaired) electrons.